The quantitative estimate of drug-likeness (QED) is 0.423. The molecule has 6 heteroatoms. The van der Waals surface area contributed by atoms with Gasteiger partial charge in [-0.15, -0.1) is 0 Å². The molecule has 0 heterocycles. The molecule has 0 bridgehead atoms. The van der Waals surface area contributed by atoms with Crippen molar-refractivity contribution in [3.63, 3.8) is 0 Å². The molecule has 0 aliphatic heterocycles. The van der Waals surface area contributed by atoms with Gasteiger partial charge in [-0.3, -0.25) is 9.59 Å². The molecule has 0 spiro atoms. The Kier molecular flexibility index (Phi) is 9.07. The van der Waals surface area contributed by atoms with Crippen molar-refractivity contribution in [2.45, 2.75) is 32.9 Å². The summed E-state index contributed by atoms with van der Waals surface area (Å²) in [6, 6.07) is 24.4. The van der Waals surface area contributed by atoms with E-state index in [4.69, 9.17) is 4.74 Å². The average Bonchev–Trinajstić information content (AvgIpc) is 2.80. The molecule has 3 aromatic carbocycles. The Bertz CT molecular complexity index is 1070. The first-order valence-corrected chi connectivity index (χ1v) is 11.8. The summed E-state index contributed by atoms with van der Waals surface area (Å²) in [4.78, 5) is 28.2. The summed E-state index contributed by atoms with van der Waals surface area (Å²) in [6.45, 7) is 4.48. The van der Waals surface area contributed by atoms with Crippen molar-refractivity contribution in [1.29, 1.82) is 0 Å². The Morgan fingerprint density at radius 1 is 0.970 bits per heavy atom. The van der Waals surface area contributed by atoms with Crippen LogP contribution < -0.4 is 10.1 Å². The van der Waals surface area contributed by atoms with E-state index >= 15 is 0 Å². The van der Waals surface area contributed by atoms with E-state index in [9.17, 15) is 9.59 Å². The summed E-state index contributed by atoms with van der Waals surface area (Å²) in [7, 11) is 0. The highest BCUT2D eigenvalue weighted by Crippen LogP contribution is 2.19. The number of likely N-dealkylation sites (N-methyl/N-ethyl adjacent to an activating group) is 1. The van der Waals surface area contributed by atoms with E-state index in [1.807, 2.05) is 92.7 Å². The lowest BCUT2D eigenvalue weighted by Crippen LogP contribution is -2.51. The van der Waals surface area contributed by atoms with E-state index in [1.54, 1.807) is 4.90 Å². The van der Waals surface area contributed by atoms with Crippen LogP contribution >= 0.6 is 15.9 Å². The number of hydrogen-bond acceptors (Lipinski definition) is 3. The Labute approximate surface area is 203 Å². The van der Waals surface area contributed by atoms with Crippen molar-refractivity contribution >= 4 is 27.7 Å². The molecule has 2 amide bonds. The van der Waals surface area contributed by atoms with Crippen molar-refractivity contribution < 1.29 is 14.3 Å². The van der Waals surface area contributed by atoms with E-state index < -0.39 is 6.04 Å². The van der Waals surface area contributed by atoms with E-state index in [0.29, 0.717) is 25.3 Å². The molecule has 0 saturated heterocycles. The number of halogens is 1. The van der Waals surface area contributed by atoms with Crippen LogP contribution in [0.15, 0.2) is 83.3 Å². The first kappa shape index (κ1) is 24.5. The topological polar surface area (TPSA) is 58.6 Å². The molecule has 5 nitrogen and oxygen atoms in total. The standard InChI is InChI=1S/C27H29BrN2O3/c1-3-29-27(32)25(17-21-10-5-4-6-11-21)30(18-22-12-8-13-23(28)16-22)26(31)19-33-24-14-7-9-20(2)15-24/h4-16,25H,3,17-19H2,1-2H3,(H,29,32)/t25-/m1/s1. The lowest BCUT2D eigenvalue weighted by atomic mass is 10.0. The van der Waals surface area contributed by atoms with Gasteiger partial charge in [0.1, 0.15) is 11.8 Å². The Morgan fingerprint density at radius 2 is 1.70 bits per heavy atom. The zero-order valence-electron chi connectivity index (χ0n) is 19.0. The second kappa shape index (κ2) is 12.2. The second-order valence-corrected chi connectivity index (χ2v) is 8.77. The van der Waals surface area contributed by atoms with Gasteiger partial charge in [-0.2, -0.15) is 0 Å². The van der Waals surface area contributed by atoms with E-state index in [0.717, 1.165) is 21.2 Å². The molecule has 0 radical (unpaired) electrons. The summed E-state index contributed by atoms with van der Waals surface area (Å²) < 4.78 is 6.72. The maximum Gasteiger partial charge on any atom is 0.261 e. The van der Waals surface area contributed by atoms with Gasteiger partial charge in [0, 0.05) is 24.0 Å². The van der Waals surface area contributed by atoms with Crippen LogP contribution in [0.25, 0.3) is 0 Å². The van der Waals surface area contributed by atoms with Crippen molar-refractivity contribution in [3.8, 4) is 5.75 Å². The van der Waals surface area contributed by atoms with Crippen LogP contribution in [0.1, 0.15) is 23.6 Å². The van der Waals surface area contributed by atoms with Crippen LogP contribution in [0.4, 0.5) is 0 Å². The third kappa shape index (κ3) is 7.46. The highest BCUT2D eigenvalue weighted by atomic mass is 79.9. The predicted molar refractivity (Wildman–Crippen MR) is 134 cm³/mol. The first-order chi connectivity index (χ1) is 16.0. The van der Waals surface area contributed by atoms with Gasteiger partial charge in [-0.05, 0) is 54.8 Å². The minimum Gasteiger partial charge on any atom is -0.484 e. The first-order valence-electron chi connectivity index (χ1n) is 11.0. The average molecular weight is 509 g/mol. The molecule has 172 valence electrons. The molecular weight excluding hydrogens is 480 g/mol. The molecule has 0 fully saturated rings. The minimum atomic E-state index is -0.667. The number of ether oxygens (including phenoxy) is 1. The SMILES string of the molecule is CCNC(=O)[C@@H](Cc1ccccc1)N(Cc1cccc(Br)c1)C(=O)COc1cccc(C)c1. The van der Waals surface area contributed by atoms with Crippen molar-refractivity contribution in [2.75, 3.05) is 13.2 Å². The molecular formula is C27H29BrN2O3. The molecule has 0 aliphatic carbocycles. The summed E-state index contributed by atoms with van der Waals surface area (Å²) in [5.74, 6) is 0.201. The van der Waals surface area contributed by atoms with Gasteiger partial charge in [-0.1, -0.05) is 70.5 Å². The fourth-order valence-electron chi connectivity index (χ4n) is 3.61. The Morgan fingerprint density at radius 3 is 2.39 bits per heavy atom. The van der Waals surface area contributed by atoms with Gasteiger partial charge in [-0.25, -0.2) is 0 Å². The smallest absolute Gasteiger partial charge is 0.261 e. The van der Waals surface area contributed by atoms with Gasteiger partial charge in [0.15, 0.2) is 6.61 Å². The molecule has 1 atom stereocenters. The van der Waals surface area contributed by atoms with Crippen LogP contribution in [-0.4, -0.2) is 35.9 Å². The van der Waals surface area contributed by atoms with Crippen LogP contribution in [-0.2, 0) is 22.6 Å². The van der Waals surface area contributed by atoms with Gasteiger partial charge in [0.05, 0.1) is 0 Å². The zero-order valence-corrected chi connectivity index (χ0v) is 20.5. The van der Waals surface area contributed by atoms with Crippen molar-refractivity contribution in [1.82, 2.24) is 10.2 Å². The summed E-state index contributed by atoms with van der Waals surface area (Å²) in [5.41, 5.74) is 2.96. The van der Waals surface area contributed by atoms with Crippen LogP contribution in [0.2, 0.25) is 0 Å². The predicted octanol–water partition coefficient (Wildman–Crippen LogP) is 4.91. The maximum atomic E-state index is 13.4. The van der Waals surface area contributed by atoms with Crippen LogP contribution in [0.3, 0.4) is 0 Å². The Hall–Kier alpha value is -3.12. The fourth-order valence-corrected chi connectivity index (χ4v) is 4.06. The van der Waals surface area contributed by atoms with Gasteiger partial charge in [0.2, 0.25) is 5.91 Å². The number of amides is 2. The summed E-state index contributed by atoms with van der Waals surface area (Å²) >= 11 is 3.49. The number of nitrogens with one attached hydrogen (secondary N) is 1. The van der Waals surface area contributed by atoms with E-state index in [1.165, 1.54) is 0 Å². The highest BCUT2D eigenvalue weighted by Gasteiger charge is 2.30. The molecule has 1 N–H and O–H groups in total. The lowest BCUT2D eigenvalue weighted by Gasteiger charge is -2.31. The monoisotopic (exact) mass is 508 g/mol. The number of benzene rings is 3. The molecule has 33 heavy (non-hydrogen) atoms. The third-order valence-electron chi connectivity index (χ3n) is 5.22. The van der Waals surface area contributed by atoms with Gasteiger partial charge in [0.25, 0.3) is 5.91 Å². The number of nitrogens with zero attached hydrogens (tertiary/aromatic N) is 1. The summed E-state index contributed by atoms with van der Waals surface area (Å²) in [6.07, 6.45) is 0.414. The molecule has 0 unspecified atom stereocenters. The molecule has 0 aliphatic rings. The van der Waals surface area contributed by atoms with Crippen LogP contribution in [0, 0.1) is 6.92 Å². The maximum absolute atomic E-state index is 13.4. The molecule has 0 aromatic heterocycles. The normalized spacial score (nSPS) is 11.5. The number of hydrogen-bond donors (Lipinski definition) is 1. The minimum absolute atomic E-state index is 0.151. The number of carbonyl (C=O) groups is 2. The number of aryl methyl sites for hydroxylation is 1. The Balaban J connectivity index is 1.89. The van der Waals surface area contributed by atoms with Crippen molar-refractivity contribution in [2.24, 2.45) is 0 Å². The van der Waals surface area contributed by atoms with Crippen LogP contribution in [0.5, 0.6) is 5.75 Å². The van der Waals surface area contributed by atoms with Crippen molar-refractivity contribution in [3.05, 3.63) is 100 Å². The largest absolute Gasteiger partial charge is 0.484 e. The number of carbonyl (C=O) groups excluding carboxylic acids is 2. The second-order valence-electron chi connectivity index (χ2n) is 7.86. The van der Waals surface area contributed by atoms with Gasteiger partial charge < -0.3 is 15.0 Å². The lowest BCUT2D eigenvalue weighted by molar-refractivity contribution is -0.142. The number of rotatable bonds is 10. The van der Waals surface area contributed by atoms with Gasteiger partial charge >= 0.3 is 0 Å². The van der Waals surface area contributed by atoms with E-state index in [-0.39, 0.29) is 18.4 Å². The fraction of sp³-hybridized carbons (Fsp3) is 0.259. The third-order valence-corrected chi connectivity index (χ3v) is 5.71. The van der Waals surface area contributed by atoms with E-state index in [2.05, 4.69) is 21.2 Å². The molecule has 3 rings (SSSR count). The highest BCUT2D eigenvalue weighted by molar-refractivity contribution is 9.10. The zero-order chi connectivity index (χ0) is 23.6. The summed E-state index contributed by atoms with van der Waals surface area (Å²) in [5, 5.41) is 2.90. The molecule has 3 aromatic rings. The molecule has 0 saturated carbocycles.